The van der Waals surface area contributed by atoms with Gasteiger partial charge in [0.25, 0.3) is 5.91 Å². The first-order chi connectivity index (χ1) is 10.6. The highest BCUT2D eigenvalue weighted by Gasteiger charge is 2.33. The number of hydrogen-bond acceptors (Lipinski definition) is 3. The lowest BCUT2D eigenvalue weighted by Gasteiger charge is -2.31. The molecule has 0 radical (unpaired) electrons. The van der Waals surface area contributed by atoms with E-state index in [0.29, 0.717) is 18.0 Å². The van der Waals surface area contributed by atoms with Crippen LogP contribution in [0.1, 0.15) is 18.1 Å². The van der Waals surface area contributed by atoms with Gasteiger partial charge in [-0.3, -0.25) is 4.79 Å². The molecule has 4 nitrogen and oxygen atoms in total. The molecule has 1 aliphatic heterocycles. The molecule has 0 saturated heterocycles. The third-order valence-corrected chi connectivity index (χ3v) is 3.69. The summed E-state index contributed by atoms with van der Waals surface area (Å²) < 4.78 is 11.5. The van der Waals surface area contributed by atoms with Crippen LogP contribution in [0.25, 0.3) is 0 Å². The van der Waals surface area contributed by atoms with Gasteiger partial charge in [0.05, 0.1) is 0 Å². The van der Waals surface area contributed by atoms with Crippen LogP contribution in [0.3, 0.4) is 0 Å². The Morgan fingerprint density at radius 3 is 2.36 bits per heavy atom. The molecular weight excluding hydrogens is 278 g/mol. The van der Waals surface area contributed by atoms with Crippen LogP contribution in [0.4, 0.5) is 0 Å². The van der Waals surface area contributed by atoms with Crippen molar-refractivity contribution in [3.8, 4) is 11.5 Å². The van der Waals surface area contributed by atoms with E-state index < -0.39 is 6.10 Å². The summed E-state index contributed by atoms with van der Waals surface area (Å²) in [6, 6.07) is 15.5. The zero-order chi connectivity index (χ0) is 15.5. The number of ether oxygens (including phenoxy) is 2. The maximum Gasteiger partial charge on any atom is 0.265 e. The van der Waals surface area contributed by atoms with E-state index >= 15 is 0 Å². The molecule has 22 heavy (non-hydrogen) atoms. The fraction of sp³-hybridized carbons (Fsp3) is 0.278. The van der Waals surface area contributed by atoms with Crippen LogP contribution in [-0.4, -0.2) is 18.1 Å². The first kappa shape index (κ1) is 14.4. The first-order valence-corrected chi connectivity index (χ1v) is 7.39. The zero-order valence-electron chi connectivity index (χ0n) is 12.7. The van der Waals surface area contributed by atoms with Gasteiger partial charge in [-0.1, -0.05) is 42.0 Å². The molecule has 0 spiro atoms. The van der Waals surface area contributed by atoms with E-state index in [-0.39, 0.29) is 12.0 Å². The van der Waals surface area contributed by atoms with Crippen molar-refractivity contribution in [1.29, 1.82) is 0 Å². The van der Waals surface area contributed by atoms with Crippen LogP contribution in [0.2, 0.25) is 0 Å². The first-order valence-electron chi connectivity index (χ1n) is 7.39. The highest BCUT2D eigenvalue weighted by molar-refractivity contribution is 5.82. The van der Waals surface area contributed by atoms with Gasteiger partial charge in [0.15, 0.2) is 11.5 Å². The predicted octanol–water partition coefficient (Wildman–Crippen LogP) is 2.84. The molecule has 2 aromatic carbocycles. The molecule has 2 aromatic rings. The lowest BCUT2D eigenvalue weighted by atomic mass is 10.1. The molecule has 0 bridgehead atoms. The number of carbonyl (C=O) groups is 1. The second kappa shape index (κ2) is 6.10. The van der Waals surface area contributed by atoms with Gasteiger partial charge in [0.1, 0.15) is 6.10 Å². The van der Waals surface area contributed by atoms with Crippen molar-refractivity contribution in [1.82, 2.24) is 5.32 Å². The normalized spacial score (nSPS) is 19.5. The van der Waals surface area contributed by atoms with Gasteiger partial charge < -0.3 is 14.8 Å². The van der Waals surface area contributed by atoms with E-state index in [1.165, 1.54) is 5.56 Å². The van der Waals surface area contributed by atoms with Gasteiger partial charge in [-0.15, -0.1) is 0 Å². The molecule has 0 aromatic heterocycles. The molecule has 1 aliphatic rings. The monoisotopic (exact) mass is 297 g/mol. The third kappa shape index (κ3) is 3.06. The number of hydrogen-bond donors (Lipinski definition) is 1. The quantitative estimate of drug-likeness (QED) is 0.947. The van der Waals surface area contributed by atoms with Crippen molar-refractivity contribution in [2.45, 2.75) is 32.6 Å². The molecule has 1 amide bonds. The van der Waals surface area contributed by atoms with Crippen molar-refractivity contribution >= 4 is 5.91 Å². The Bertz CT molecular complexity index is 666. The molecule has 114 valence electrons. The summed E-state index contributed by atoms with van der Waals surface area (Å²) in [5.41, 5.74) is 2.26. The summed E-state index contributed by atoms with van der Waals surface area (Å²) in [7, 11) is 0. The second-order valence-electron chi connectivity index (χ2n) is 5.51. The van der Waals surface area contributed by atoms with E-state index in [2.05, 4.69) is 5.32 Å². The number of para-hydroxylation sites is 2. The molecular formula is C18H19NO3. The number of carbonyl (C=O) groups excluding carboxylic acids is 1. The summed E-state index contributed by atoms with van der Waals surface area (Å²) >= 11 is 0. The highest BCUT2D eigenvalue weighted by Crippen LogP contribution is 2.33. The second-order valence-corrected chi connectivity index (χ2v) is 5.51. The van der Waals surface area contributed by atoms with Crippen LogP contribution in [-0.2, 0) is 11.3 Å². The topological polar surface area (TPSA) is 47.6 Å². The van der Waals surface area contributed by atoms with Crippen LogP contribution in [0.5, 0.6) is 11.5 Å². The number of aryl methyl sites for hydroxylation is 1. The number of fused-ring (bicyclic) bond motifs is 1. The number of amides is 1. The Kier molecular flexibility index (Phi) is 4.00. The molecule has 3 rings (SSSR count). The number of rotatable bonds is 3. The Balaban J connectivity index is 1.64. The summed E-state index contributed by atoms with van der Waals surface area (Å²) in [6.45, 7) is 4.36. The minimum absolute atomic E-state index is 0.164. The summed E-state index contributed by atoms with van der Waals surface area (Å²) in [5.74, 6) is 1.12. The summed E-state index contributed by atoms with van der Waals surface area (Å²) in [6.07, 6.45) is -0.965. The fourth-order valence-electron chi connectivity index (χ4n) is 2.40. The average Bonchev–Trinajstić information content (AvgIpc) is 2.53. The Morgan fingerprint density at radius 2 is 1.68 bits per heavy atom. The van der Waals surface area contributed by atoms with Crippen molar-refractivity contribution in [3.05, 3.63) is 59.7 Å². The van der Waals surface area contributed by atoms with Crippen LogP contribution >= 0.6 is 0 Å². The Morgan fingerprint density at radius 1 is 1.05 bits per heavy atom. The van der Waals surface area contributed by atoms with Crippen LogP contribution in [0, 0.1) is 6.92 Å². The zero-order valence-corrected chi connectivity index (χ0v) is 12.7. The smallest absolute Gasteiger partial charge is 0.265 e. The van der Waals surface area contributed by atoms with Crippen molar-refractivity contribution < 1.29 is 14.3 Å². The molecule has 4 heteroatoms. The summed E-state index contributed by atoms with van der Waals surface area (Å²) in [4.78, 5) is 12.3. The van der Waals surface area contributed by atoms with Crippen molar-refractivity contribution in [2.24, 2.45) is 0 Å². The minimum Gasteiger partial charge on any atom is -0.482 e. The summed E-state index contributed by atoms with van der Waals surface area (Å²) in [5, 5.41) is 2.91. The van der Waals surface area contributed by atoms with Gasteiger partial charge in [-0.2, -0.15) is 0 Å². The van der Waals surface area contributed by atoms with Crippen molar-refractivity contribution in [3.63, 3.8) is 0 Å². The standard InChI is InChI=1S/C18H19NO3/c1-12-7-9-14(10-8-12)11-19-18(20)17-13(2)21-15-5-3-4-6-16(15)22-17/h3-10,13,17H,11H2,1-2H3,(H,19,20). The van der Waals surface area contributed by atoms with E-state index in [0.717, 1.165) is 5.56 Å². The van der Waals surface area contributed by atoms with E-state index in [4.69, 9.17) is 9.47 Å². The fourth-order valence-corrected chi connectivity index (χ4v) is 2.40. The number of nitrogens with one attached hydrogen (secondary N) is 1. The lowest BCUT2D eigenvalue weighted by Crippen LogP contribution is -2.48. The lowest BCUT2D eigenvalue weighted by molar-refractivity contribution is -0.133. The average molecular weight is 297 g/mol. The molecule has 2 atom stereocenters. The SMILES string of the molecule is Cc1ccc(CNC(=O)C2Oc3ccccc3OC2C)cc1. The van der Waals surface area contributed by atoms with Crippen molar-refractivity contribution in [2.75, 3.05) is 0 Å². The predicted molar refractivity (Wildman–Crippen MR) is 84.0 cm³/mol. The highest BCUT2D eigenvalue weighted by atomic mass is 16.6. The molecule has 0 aliphatic carbocycles. The maximum absolute atomic E-state index is 12.3. The molecule has 0 saturated carbocycles. The van der Waals surface area contributed by atoms with Crippen LogP contribution < -0.4 is 14.8 Å². The van der Waals surface area contributed by atoms with Gasteiger partial charge in [0, 0.05) is 6.54 Å². The number of benzene rings is 2. The molecule has 1 N–H and O–H groups in total. The van der Waals surface area contributed by atoms with Gasteiger partial charge in [-0.05, 0) is 31.5 Å². The van der Waals surface area contributed by atoms with Gasteiger partial charge in [0.2, 0.25) is 6.10 Å². The van der Waals surface area contributed by atoms with Gasteiger partial charge >= 0.3 is 0 Å². The molecule has 1 heterocycles. The van der Waals surface area contributed by atoms with E-state index in [9.17, 15) is 4.79 Å². The van der Waals surface area contributed by atoms with E-state index in [1.807, 2.05) is 62.4 Å². The van der Waals surface area contributed by atoms with Crippen LogP contribution in [0.15, 0.2) is 48.5 Å². The minimum atomic E-state index is -0.639. The third-order valence-electron chi connectivity index (χ3n) is 3.69. The Hall–Kier alpha value is -2.49. The van der Waals surface area contributed by atoms with Gasteiger partial charge in [-0.25, -0.2) is 0 Å². The maximum atomic E-state index is 12.3. The molecule has 2 unspecified atom stereocenters. The largest absolute Gasteiger partial charge is 0.482 e. The molecule has 0 fully saturated rings. The van der Waals surface area contributed by atoms with E-state index in [1.54, 1.807) is 0 Å². The Labute approximate surface area is 130 Å².